The molecule has 0 heterocycles. The average molecular weight is 469 g/mol. The predicted molar refractivity (Wildman–Crippen MR) is 147 cm³/mol. The van der Waals surface area contributed by atoms with E-state index >= 15 is 0 Å². The Hall–Kier alpha value is -0.560. The van der Waals surface area contributed by atoms with Crippen molar-refractivity contribution in [2.24, 2.45) is 52.3 Å². The second-order valence-corrected chi connectivity index (χ2v) is 13.5. The summed E-state index contributed by atoms with van der Waals surface area (Å²) < 4.78 is 0. The van der Waals surface area contributed by atoms with Crippen LogP contribution in [0.3, 0.4) is 0 Å². The minimum atomic E-state index is -0.0885. The molecule has 0 aromatic heterocycles. The number of fused-ring (bicyclic) bond motifs is 5. The van der Waals surface area contributed by atoms with Gasteiger partial charge in [0.2, 0.25) is 0 Å². The minimum Gasteiger partial charge on any atom is -0.393 e. The Morgan fingerprint density at radius 1 is 0.971 bits per heavy atom. The van der Waals surface area contributed by atoms with Gasteiger partial charge in [-0.05, 0) is 110 Å². The molecule has 4 rings (SSSR count). The van der Waals surface area contributed by atoms with Gasteiger partial charge in [0.15, 0.2) is 0 Å². The zero-order valence-electron chi connectivity index (χ0n) is 23.5. The lowest BCUT2D eigenvalue weighted by atomic mass is 9.47. The van der Waals surface area contributed by atoms with E-state index in [1.807, 2.05) is 0 Å². The largest absolute Gasteiger partial charge is 0.393 e. The minimum absolute atomic E-state index is 0.0885. The number of allylic oxidation sites excluding steroid dienone is 3. The fraction of sp³-hybridized carbons (Fsp3) is 0.879. The Balaban J connectivity index is 1.48. The van der Waals surface area contributed by atoms with Crippen molar-refractivity contribution in [1.82, 2.24) is 0 Å². The van der Waals surface area contributed by atoms with Crippen molar-refractivity contribution in [3.63, 3.8) is 0 Å². The van der Waals surface area contributed by atoms with Crippen LogP contribution in [0.1, 0.15) is 125 Å². The van der Waals surface area contributed by atoms with Crippen molar-refractivity contribution in [3.8, 4) is 0 Å². The first-order chi connectivity index (χ1) is 16.3. The van der Waals surface area contributed by atoms with Gasteiger partial charge in [0.05, 0.1) is 6.10 Å². The van der Waals surface area contributed by atoms with Gasteiger partial charge in [0, 0.05) is 0 Å². The Morgan fingerprint density at radius 3 is 2.38 bits per heavy atom. The summed E-state index contributed by atoms with van der Waals surface area (Å²) in [5.74, 6) is 5.86. The van der Waals surface area contributed by atoms with Crippen LogP contribution in [0.15, 0.2) is 23.8 Å². The standard InChI is InChI=1S/C33H56O/c1-7-10-25(11-8-2)24(9-3)13-12-23(4)29-16-17-30-28-15-14-26-22-27(34)18-20-32(26,5)31(28)19-21-33(29,30)6/h12-14,23-25,27-31,34H,7-11,15-22H2,1-6H3/b13-12+/t23-,24?,27+,28+,29-,30+,31+,32+,33-/m1/s1. The number of hydrogen-bond acceptors (Lipinski definition) is 1. The van der Waals surface area contributed by atoms with Crippen LogP contribution >= 0.6 is 0 Å². The van der Waals surface area contributed by atoms with Crippen LogP contribution in [0.4, 0.5) is 0 Å². The van der Waals surface area contributed by atoms with Gasteiger partial charge in [0.25, 0.3) is 0 Å². The fourth-order valence-corrected chi connectivity index (χ4v) is 9.94. The first-order valence-corrected chi connectivity index (χ1v) is 15.3. The van der Waals surface area contributed by atoms with Gasteiger partial charge < -0.3 is 5.11 Å². The Bertz CT molecular complexity index is 729. The smallest absolute Gasteiger partial charge is 0.0577 e. The molecule has 1 heteroatoms. The van der Waals surface area contributed by atoms with Gasteiger partial charge >= 0.3 is 0 Å². The molecule has 0 bridgehead atoms. The van der Waals surface area contributed by atoms with Crippen LogP contribution < -0.4 is 0 Å². The zero-order chi connectivity index (χ0) is 24.5. The van der Waals surface area contributed by atoms with Crippen molar-refractivity contribution in [1.29, 1.82) is 0 Å². The maximum absolute atomic E-state index is 10.3. The maximum Gasteiger partial charge on any atom is 0.0577 e. The maximum atomic E-state index is 10.3. The molecule has 34 heavy (non-hydrogen) atoms. The molecule has 194 valence electrons. The molecule has 9 atom stereocenters. The summed E-state index contributed by atoms with van der Waals surface area (Å²) in [7, 11) is 0. The van der Waals surface area contributed by atoms with Crippen LogP contribution in [0, 0.1) is 52.3 Å². The molecule has 1 unspecified atom stereocenters. The van der Waals surface area contributed by atoms with Crippen molar-refractivity contribution >= 4 is 0 Å². The summed E-state index contributed by atoms with van der Waals surface area (Å²) >= 11 is 0. The average Bonchev–Trinajstić information content (AvgIpc) is 3.17. The van der Waals surface area contributed by atoms with E-state index in [2.05, 4.69) is 59.8 Å². The van der Waals surface area contributed by atoms with Gasteiger partial charge in [-0.15, -0.1) is 0 Å². The first-order valence-electron chi connectivity index (χ1n) is 15.3. The van der Waals surface area contributed by atoms with E-state index in [-0.39, 0.29) is 6.10 Å². The van der Waals surface area contributed by atoms with Crippen LogP contribution in [-0.4, -0.2) is 11.2 Å². The molecule has 0 amide bonds. The molecular formula is C33H56O. The summed E-state index contributed by atoms with van der Waals surface area (Å²) in [6.45, 7) is 14.9. The molecule has 0 saturated heterocycles. The van der Waals surface area contributed by atoms with E-state index < -0.39 is 0 Å². The monoisotopic (exact) mass is 468 g/mol. The predicted octanol–water partition coefficient (Wildman–Crippen LogP) is 9.36. The summed E-state index contributed by atoms with van der Waals surface area (Å²) in [4.78, 5) is 0. The third-order valence-electron chi connectivity index (χ3n) is 11.8. The number of hydrogen-bond donors (Lipinski definition) is 1. The molecule has 0 aromatic carbocycles. The summed E-state index contributed by atoms with van der Waals surface area (Å²) in [6, 6.07) is 0. The van der Waals surface area contributed by atoms with Crippen molar-refractivity contribution in [2.45, 2.75) is 131 Å². The Labute approximate surface area is 212 Å². The molecule has 0 spiro atoms. The lowest BCUT2D eigenvalue weighted by molar-refractivity contribution is -0.0540. The molecule has 4 aliphatic rings. The molecule has 0 aromatic rings. The quantitative estimate of drug-likeness (QED) is 0.334. The highest BCUT2D eigenvalue weighted by atomic mass is 16.3. The SMILES string of the molecule is CCCC(CCC)C(/C=C/[C@@H](C)[C@H]1CC[C@H]2[C@@H]3CC=C4C[C@@H](O)CC[C@]4(C)[C@H]3CC[C@]12C)CC. The van der Waals surface area contributed by atoms with Gasteiger partial charge in [-0.2, -0.15) is 0 Å². The first kappa shape index (κ1) is 26.5. The molecule has 1 nitrogen and oxygen atoms in total. The zero-order valence-corrected chi connectivity index (χ0v) is 23.5. The van der Waals surface area contributed by atoms with E-state index in [4.69, 9.17) is 0 Å². The van der Waals surface area contributed by atoms with Gasteiger partial charge in [0.1, 0.15) is 0 Å². The Morgan fingerprint density at radius 2 is 1.71 bits per heavy atom. The highest BCUT2D eigenvalue weighted by Crippen LogP contribution is 2.67. The summed E-state index contributed by atoms with van der Waals surface area (Å²) in [5, 5.41) is 10.3. The van der Waals surface area contributed by atoms with E-state index in [0.717, 1.165) is 48.3 Å². The molecule has 3 fully saturated rings. The van der Waals surface area contributed by atoms with Crippen molar-refractivity contribution in [2.75, 3.05) is 0 Å². The van der Waals surface area contributed by atoms with Gasteiger partial charge in [-0.3, -0.25) is 0 Å². The molecule has 4 aliphatic carbocycles. The van der Waals surface area contributed by atoms with Gasteiger partial charge in [-0.25, -0.2) is 0 Å². The topological polar surface area (TPSA) is 20.2 Å². The number of aliphatic hydroxyl groups is 1. The second kappa shape index (κ2) is 10.8. The fourth-order valence-electron chi connectivity index (χ4n) is 9.94. The van der Waals surface area contributed by atoms with Gasteiger partial charge in [-0.1, -0.05) is 91.0 Å². The summed E-state index contributed by atoms with van der Waals surface area (Å²) in [5.41, 5.74) is 2.50. The van der Waals surface area contributed by atoms with Crippen molar-refractivity contribution < 1.29 is 5.11 Å². The molecular weight excluding hydrogens is 412 g/mol. The molecule has 1 N–H and O–H groups in total. The van der Waals surface area contributed by atoms with Crippen LogP contribution in [0.25, 0.3) is 0 Å². The van der Waals surface area contributed by atoms with E-state index in [1.54, 1.807) is 5.57 Å². The second-order valence-electron chi connectivity index (χ2n) is 13.5. The molecule has 0 aliphatic heterocycles. The third kappa shape index (κ3) is 4.73. The lowest BCUT2D eigenvalue weighted by Crippen LogP contribution is -2.50. The Kier molecular flexibility index (Phi) is 8.43. The van der Waals surface area contributed by atoms with Crippen molar-refractivity contribution in [3.05, 3.63) is 23.8 Å². The number of rotatable bonds is 9. The lowest BCUT2D eigenvalue weighted by Gasteiger charge is -2.58. The van der Waals surface area contributed by atoms with Crippen LogP contribution in [0.2, 0.25) is 0 Å². The summed E-state index contributed by atoms with van der Waals surface area (Å²) in [6.07, 6.45) is 24.7. The highest BCUT2D eigenvalue weighted by Gasteiger charge is 2.58. The normalized spacial score (nSPS) is 41.6. The van der Waals surface area contributed by atoms with Crippen LogP contribution in [-0.2, 0) is 0 Å². The van der Waals surface area contributed by atoms with Crippen LogP contribution in [0.5, 0.6) is 0 Å². The third-order valence-corrected chi connectivity index (χ3v) is 11.8. The molecule has 3 saturated carbocycles. The van der Waals surface area contributed by atoms with E-state index in [0.29, 0.717) is 16.7 Å². The van der Waals surface area contributed by atoms with E-state index in [9.17, 15) is 5.11 Å². The van der Waals surface area contributed by atoms with E-state index in [1.165, 1.54) is 70.6 Å². The highest BCUT2D eigenvalue weighted by molar-refractivity contribution is 5.25. The number of aliphatic hydroxyl groups excluding tert-OH is 1. The molecule has 0 radical (unpaired) electrons.